The quantitative estimate of drug-likeness (QED) is 0.427. The molecule has 12 heavy (non-hydrogen) atoms. The Labute approximate surface area is 80.8 Å². The summed E-state index contributed by atoms with van der Waals surface area (Å²) < 4.78 is 10.6. The molecule has 2 nitrogen and oxygen atoms in total. The van der Waals surface area contributed by atoms with Crippen LogP contribution in [-0.2, 0) is 8.23 Å². The van der Waals surface area contributed by atoms with Crippen molar-refractivity contribution >= 4 is 35.4 Å². The molecule has 0 amide bonds. The van der Waals surface area contributed by atoms with E-state index >= 15 is 0 Å². The molecule has 0 aromatic heterocycles. The second kappa shape index (κ2) is 5.44. The molecule has 66 valence electrons. The van der Waals surface area contributed by atoms with Gasteiger partial charge < -0.3 is 8.23 Å². The molecule has 0 aliphatic carbocycles. The third-order valence-electron chi connectivity index (χ3n) is 1.72. The Balaban J connectivity index is 2.46. The first-order chi connectivity index (χ1) is 5.84. The van der Waals surface area contributed by atoms with Crippen molar-refractivity contribution in [2.75, 3.05) is 0 Å². The topological polar surface area (TPSA) is 18.5 Å². The lowest BCUT2D eigenvalue weighted by molar-refractivity contribution is 0.507. The third kappa shape index (κ3) is 3.03. The van der Waals surface area contributed by atoms with E-state index in [1.807, 2.05) is 0 Å². The van der Waals surface area contributed by atoms with Crippen molar-refractivity contribution in [1.29, 1.82) is 0 Å². The molecule has 5 heteroatoms. The van der Waals surface area contributed by atoms with E-state index in [2.05, 4.69) is 31.2 Å². The van der Waals surface area contributed by atoms with Gasteiger partial charge >= 0.3 is 0 Å². The van der Waals surface area contributed by atoms with E-state index < -0.39 is 19.8 Å². The van der Waals surface area contributed by atoms with Gasteiger partial charge in [0, 0.05) is 0 Å². The maximum Gasteiger partial charge on any atom is 0.283 e. The predicted octanol–water partition coefficient (Wildman–Crippen LogP) is -1.98. The molecular weight excluding hydrogens is 200 g/mol. The van der Waals surface area contributed by atoms with E-state index in [1.54, 1.807) is 0 Å². The van der Waals surface area contributed by atoms with Crippen molar-refractivity contribution < 1.29 is 8.23 Å². The predicted molar refractivity (Wildman–Crippen MR) is 60.0 cm³/mol. The zero-order valence-corrected chi connectivity index (χ0v) is 12.4. The molecule has 1 aromatic carbocycles. The number of hydrogen-bond donors (Lipinski definition) is 0. The molecule has 0 saturated heterocycles. The third-order valence-corrected chi connectivity index (χ3v) is 5.25. The largest absolute Gasteiger partial charge is 0.449 e. The summed E-state index contributed by atoms with van der Waals surface area (Å²) in [5, 5.41) is 1.41. The molecule has 1 aromatic rings. The summed E-state index contributed by atoms with van der Waals surface area (Å²) in [5.41, 5.74) is 1.35. The maximum atomic E-state index is 5.54. The van der Waals surface area contributed by atoms with E-state index in [4.69, 9.17) is 8.23 Å². The van der Waals surface area contributed by atoms with Crippen molar-refractivity contribution in [3.8, 4) is 0 Å². The monoisotopic (exact) mass is 214 g/mol. The van der Waals surface area contributed by atoms with E-state index in [1.165, 1.54) is 10.8 Å². The van der Waals surface area contributed by atoms with Gasteiger partial charge in [0.25, 0.3) is 10.0 Å². The number of aryl methyl sites for hydroxylation is 1. The molecule has 0 fully saturated rings. The Morgan fingerprint density at radius 1 is 1.33 bits per heavy atom. The molecule has 0 heterocycles. The Kier molecular flexibility index (Phi) is 4.48. The van der Waals surface area contributed by atoms with Crippen LogP contribution >= 0.6 is 0 Å². The lowest BCUT2D eigenvalue weighted by atomic mass is 10.2. The van der Waals surface area contributed by atoms with Crippen LogP contribution in [0.4, 0.5) is 0 Å². The van der Waals surface area contributed by atoms with Gasteiger partial charge in [0.05, 0.1) is 0 Å². The second-order valence-corrected chi connectivity index (χ2v) is 7.91. The zero-order chi connectivity index (χ0) is 8.81. The molecular formula is C7H14O2Si3. The summed E-state index contributed by atoms with van der Waals surface area (Å²) in [7, 11) is -0.284. The Hall–Kier alpha value is -0.209. The fraction of sp³-hybridized carbons (Fsp3) is 0.143. The SMILES string of the molecule is Cc1ccccc1[SiH2]O[SiH2]O[SiH3]. The minimum atomic E-state index is -0.615. The molecule has 0 bridgehead atoms. The van der Waals surface area contributed by atoms with Gasteiger partial charge in [0.15, 0.2) is 9.76 Å². The summed E-state index contributed by atoms with van der Waals surface area (Å²) in [6, 6.07) is 8.42. The first kappa shape index (κ1) is 9.88. The van der Waals surface area contributed by atoms with Gasteiger partial charge in [0.1, 0.15) is 10.5 Å². The summed E-state index contributed by atoms with van der Waals surface area (Å²) in [5.74, 6) is 0. The molecule has 0 atom stereocenters. The molecule has 0 aliphatic rings. The van der Waals surface area contributed by atoms with Crippen LogP contribution in [-0.4, -0.2) is 30.3 Å². The lowest BCUT2D eigenvalue weighted by Crippen LogP contribution is -2.22. The Morgan fingerprint density at radius 2 is 2.08 bits per heavy atom. The highest BCUT2D eigenvalue weighted by Gasteiger charge is 1.96. The molecule has 0 N–H and O–H groups in total. The van der Waals surface area contributed by atoms with Gasteiger partial charge in [0.2, 0.25) is 0 Å². The Morgan fingerprint density at radius 3 is 2.75 bits per heavy atom. The molecule has 0 aliphatic heterocycles. The number of benzene rings is 1. The first-order valence-electron chi connectivity index (χ1n) is 3.96. The molecule has 0 unspecified atom stereocenters. The van der Waals surface area contributed by atoms with Crippen LogP contribution in [0.3, 0.4) is 0 Å². The van der Waals surface area contributed by atoms with Crippen LogP contribution in [0, 0.1) is 6.92 Å². The molecule has 1 rings (SSSR count). The fourth-order valence-corrected chi connectivity index (χ4v) is 4.96. The highest BCUT2D eigenvalue weighted by atomic mass is 28.3. The maximum absolute atomic E-state index is 5.54. The average molecular weight is 214 g/mol. The first-order valence-corrected chi connectivity index (χ1v) is 7.21. The average Bonchev–Trinajstić information content (AvgIpc) is 2.09. The standard InChI is InChI=1S/C7H14O2Si3/c1-6-4-2-3-5-7(6)11-9-12-8-10/h2-5H,11-12H2,1,10H3. The van der Waals surface area contributed by atoms with E-state index in [0.29, 0.717) is 0 Å². The van der Waals surface area contributed by atoms with Gasteiger partial charge in [-0.25, -0.2) is 0 Å². The van der Waals surface area contributed by atoms with Gasteiger partial charge in [-0.1, -0.05) is 29.8 Å². The van der Waals surface area contributed by atoms with Crippen LogP contribution in [0.5, 0.6) is 0 Å². The highest BCUT2D eigenvalue weighted by Crippen LogP contribution is 1.91. The minimum absolute atomic E-state index is 0.492. The number of hydrogen-bond acceptors (Lipinski definition) is 2. The van der Waals surface area contributed by atoms with Crippen molar-refractivity contribution in [2.24, 2.45) is 0 Å². The summed E-state index contributed by atoms with van der Waals surface area (Å²) >= 11 is 0. The minimum Gasteiger partial charge on any atom is -0.449 e. The van der Waals surface area contributed by atoms with Gasteiger partial charge in [-0.05, 0) is 12.1 Å². The molecule has 0 spiro atoms. The molecule has 0 saturated carbocycles. The van der Waals surface area contributed by atoms with Crippen LogP contribution < -0.4 is 5.19 Å². The second-order valence-electron chi connectivity index (χ2n) is 2.68. The van der Waals surface area contributed by atoms with Crippen LogP contribution in [0.2, 0.25) is 0 Å². The van der Waals surface area contributed by atoms with E-state index in [0.717, 1.165) is 10.5 Å². The highest BCUT2D eigenvalue weighted by molar-refractivity contribution is 6.54. The van der Waals surface area contributed by atoms with Crippen molar-refractivity contribution in [1.82, 2.24) is 0 Å². The van der Waals surface area contributed by atoms with Gasteiger partial charge in [-0.3, -0.25) is 0 Å². The van der Waals surface area contributed by atoms with Crippen LogP contribution in [0.1, 0.15) is 5.56 Å². The van der Waals surface area contributed by atoms with Gasteiger partial charge in [-0.15, -0.1) is 0 Å². The molecule has 0 radical (unpaired) electrons. The van der Waals surface area contributed by atoms with E-state index in [-0.39, 0.29) is 0 Å². The van der Waals surface area contributed by atoms with Crippen molar-refractivity contribution in [3.63, 3.8) is 0 Å². The van der Waals surface area contributed by atoms with E-state index in [9.17, 15) is 0 Å². The van der Waals surface area contributed by atoms with Crippen molar-refractivity contribution in [2.45, 2.75) is 6.92 Å². The van der Waals surface area contributed by atoms with Crippen LogP contribution in [0.15, 0.2) is 24.3 Å². The summed E-state index contributed by atoms with van der Waals surface area (Å²) in [4.78, 5) is 0. The Bertz CT molecular complexity index is 242. The zero-order valence-electron chi connectivity index (χ0n) is 7.54. The number of rotatable bonds is 4. The normalized spacial score (nSPS) is 12.4. The van der Waals surface area contributed by atoms with Gasteiger partial charge in [-0.2, -0.15) is 0 Å². The lowest BCUT2D eigenvalue weighted by Gasteiger charge is -2.04. The fourth-order valence-electron chi connectivity index (χ4n) is 1.01. The summed E-state index contributed by atoms with van der Waals surface area (Å²) in [6.07, 6.45) is 0. The summed E-state index contributed by atoms with van der Waals surface area (Å²) in [6.45, 7) is 2.13. The smallest absolute Gasteiger partial charge is 0.283 e. The van der Waals surface area contributed by atoms with Crippen LogP contribution in [0.25, 0.3) is 0 Å². The van der Waals surface area contributed by atoms with Crippen molar-refractivity contribution in [3.05, 3.63) is 29.8 Å².